The van der Waals surface area contributed by atoms with Gasteiger partial charge in [0, 0.05) is 30.8 Å². The number of carbonyl (C=O) groups is 1. The Morgan fingerprint density at radius 2 is 1.73 bits per heavy atom. The quantitative estimate of drug-likeness (QED) is 0.406. The molecule has 0 bridgehead atoms. The normalized spacial score (nSPS) is 11.5. The van der Waals surface area contributed by atoms with E-state index >= 15 is 0 Å². The zero-order valence-electron chi connectivity index (χ0n) is 17.0. The Bertz CT molecular complexity index is 853. The number of ether oxygens (including phenoxy) is 2. The molecule has 30 heavy (non-hydrogen) atoms. The van der Waals surface area contributed by atoms with Crippen LogP contribution in [0.15, 0.2) is 36.4 Å². The molecule has 0 saturated carbocycles. The van der Waals surface area contributed by atoms with Crippen LogP contribution in [0.1, 0.15) is 43.6 Å². The van der Waals surface area contributed by atoms with Crippen LogP contribution < -0.4 is 15.8 Å². The fourth-order valence-electron chi connectivity index (χ4n) is 2.69. The Kier molecular flexibility index (Phi) is 9.68. The number of nitrogens with one attached hydrogen (secondary N) is 2. The van der Waals surface area contributed by atoms with Gasteiger partial charge in [0.15, 0.2) is 6.10 Å². The van der Waals surface area contributed by atoms with Gasteiger partial charge in [-0.3, -0.25) is 10.2 Å². The van der Waals surface area contributed by atoms with Gasteiger partial charge < -0.3 is 20.5 Å². The molecule has 0 aliphatic rings. The fraction of sp³-hybridized carbons (Fsp3) is 0.333. The van der Waals surface area contributed by atoms with E-state index in [2.05, 4.69) is 5.32 Å². The minimum Gasteiger partial charge on any atom is -0.491 e. The van der Waals surface area contributed by atoms with Crippen molar-refractivity contribution in [1.82, 2.24) is 5.32 Å². The molecule has 2 rings (SSSR count). The first-order valence-electron chi connectivity index (χ1n) is 9.21. The number of halogens is 3. The average Bonchev–Trinajstić information content (AvgIpc) is 2.64. The molecule has 0 aliphatic heterocycles. The summed E-state index contributed by atoms with van der Waals surface area (Å²) >= 11 is 0. The fourth-order valence-corrected chi connectivity index (χ4v) is 2.69. The summed E-state index contributed by atoms with van der Waals surface area (Å²) in [7, 11) is 0. The van der Waals surface area contributed by atoms with E-state index < -0.39 is 29.2 Å². The largest absolute Gasteiger partial charge is 0.491 e. The van der Waals surface area contributed by atoms with Crippen molar-refractivity contribution in [3.63, 3.8) is 0 Å². The van der Waals surface area contributed by atoms with Gasteiger partial charge in [0.2, 0.25) is 0 Å². The highest BCUT2D eigenvalue weighted by atomic mass is 35.5. The highest BCUT2D eigenvalue weighted by Gasteiger charge is 2.28. The van der Waals surface area contributed by atoms with Gasteiger partial charge in [0.05, 0.1) is 11.7 Å². The molecular weight excluding hydrogens is 416 g/mol. The maximum Gasteiger partial charge on any atom is 0.254 e. The third kappa shape index (κ3) is 6.67. The molecule has 0 radical (unpaired) electrons. The number of amides is 1. The zero-order valence-corrected chi connectivity index (χ0v) is 17.8. The molecule has 164 valence electrons. The van der Waals surface area contributed by atoms with E-state index in [1.807, 2.05) is 0 Å². The van der Waals surface area contributed by atoms with Gasteiger partial charge in [-0.25, -0.2) is 8.78 Å². The minimum atomic E-state index is -1.44. The molecule has 0 aliphatic carbocycles. The van der Waals surface area contributed by atoms with Gasteiger partial charge in [0.25, 0.3) is 5.91 Å². The summed E-state index contributed by atoms with van der Waals surface area (Å²) in [5.41, 5.74) is 6.23. The Balaban J connectivity index is 0.00000450. The molecule has 2 aromatic rings. The number of rotatable bonds is 9. The summed E-state index contributed by atoms with van der Waals surface area (Å²) in [6.45, 7) is 5.33. The summed E-state index contributed by atoms with van der Waals surface area (Å²) in [6.07, 6.45) is -1.69. The van der Waals surface area contributed by atoms with Crippen LogP contribution in [0.3, 0.4) is 0 Å². The molecule has 9 heteroatoms. The maximum absolute atomic E-state index is 14.6. The second-order valence-electron chi connectivity index (χ2n) is 6.63. The van der Waals surface area contributed by atoms with E-state index in [1.165, 1.54) is 0 Å². The lowest BCUT2D eigenvalue weighted by Crippen LogP contribution is -2.31. The number of hydrogen-bond acceptors (Lipinski definition) is 4. The van der Waals surface area contributed by atoms with E-state index in [-0.39, 0.29) is 43.2 Å². The summed E-state index contributed by atoms with van der Waals surface area (Å²) < 4.78 is 39.8. The number of carbonyl (C=O) groups excluding carboxylic acids is 1. The lowest BCUT2D eigenvalue weighted by Gasteiger charge is -2.19. The van der Waals surface area contributed by atoms with Crippen molar-refractivity contribution in [1.29, 1.82) is 5.41 Å². The van der Waals surface area contributed by atoms with Crippen LogP contribution in [0.5, 0.6) is 5.75 Å². The van der Waals surface area contributed by atoms with E-state index in [0.717, 1.165) is 17.7 Å². The predicted molar refractivity (Wildman–Crippen MR) is 113 cm³/mol. The monoisotopic (exact) mass is 441 g/mol. The Labute approximate surface area is 180 Å². The molecule has 0 heterocycles. The summed E-state index contributed by atoms with van der Waals surface area (Å²) in [6, 6.07) is 8.78. The second-order valence-corrected chi connectivity index (χ2v) is 6.63. The first-order valence-corrected chi connectivity index (χ1v) is 9.21. The van der Waals surface area contributed by atoms with Crippen LogP contribution in [-0.4, -0.2) is 24.5 Å². The van der Waals surface area contributed by atoms with Crippen molar-refractivity contribution in [2.24, 2.45) is 5.73 Å². The van der Waals surface area contributed by atoms with E-state index in [9.17, 15) is 13.6 Å². The van der Waals surface area contributed by atoms with Crippen molar-refractivity contribution in [2.45, 2.75) is 39.5 Å². The Hall–Kier alpha value is -2.71. The van der Waals surface area contributed by atoms with E-state index in [0.29, 0.717) is 5.56 Å². The molecule has 6 nitrogen and oxygen atoms in total. The highest BCUT2D eigenvalue weighted by Crippen LogP contribution is 2.29. The predicted octanol–water partition coefficient (Wildman–Crippen LogP) is 3.85. The molecule has 2 aromatic carbocycles. The van der Waals surface area contributed by atoms with Crippen molar-refractivity contribution in [3.05, 3.63) is 64.7 Å². The third-order valence-electron chi connectivity index (χ3n) is 3.99. The SMILES string of the molecule is CCO[C@H](C(=O)NCc1ccc(C(=N)N)cc1)c1c(F)cc(OC(C)C)cc1F.Cl. The van der Waals surface area contributed by atoms with Crippen molar-refractivity contribution >= 4 is 24.1 Å². The smallest absolute Gasteiger partial charge is 0.254 e. The van der Waals surface area contributed by atoms with Gasteiger partial charge in [-0.05, 0) is 26.3 Å². The number of nitrogens with two attached hydrogens (primary N) is 1. The summed E-state index contributed by atoms with van der Waals surface area (Å²) in [5.74, 6) is -2.52. The Morgan fingerprint density at radius 3 is 2.20 bits per heavy atom. The number of hydrogen-bond donors (Lipinski definition) is 3. The molecule has 0 saturated heterocycles. The van der Waals surface area contributed by atoms with Gasteiger partial charge >= 0.3 is 0 Å². The molecule has 4 N–H and O–H groups in total. The number of nitrogen functional groups attached to an aromatic ring is 1. The van der Waals surface area contributed by atoms with Crippen molar-refractivity contribution in [2.75, 3.05) is 6.61 Å². The second kappa shape index (κ2) is 11.5. The van der Waals surface area contributed by atoms with Gasteiger partial charge in [0.1, 0.15) is 23.2 Å². The van der Waals surface area contributed by atoms with Crippen molar-refractivity contribution < 1.29 is 23.0 Å². The van der Waals surface area contributed by atoms with Crippen LogP contribution in [0, 0.1) is 17.0 Å². The van der Waals surface area contributed by atoms with Crippen LogP contribution in [0.2, 0.25) is 0 Å². The van der Waals surface area contributed by atoms with Crippen LogP contribution in [0.25, 0.3) is 0 Å². The van der Waals surface area contributed by atoms with Gasteiger partial charge in [-0.15, -0.1) is 12.4 Å². The standard InChI is InChI=1S/C21H25F2N3O3.ClH/c1-4-28-19(18-16(22)9-15(10-17(18)23)29-12(2)3)21(27)26-11-13-5-7-14(8-6-13)20(24)25;/h5-10,12,19H,4,11H2,1-3H3,(H3,24,25)(H,26,27);1H/t19-;/m0./s1. The number of benzene rings is 2. The van der Waals surface area contributed by atoms with E-state index in [1.54, 1.807) is 45.0 Å². The third-order valence-corrected chi connectivity index (χ3v) is 3.99. The maximum atomic E-state index is 14.6. The van der Waals surface area contributed by atoms with Crippen molar-refractivity contribution in [3.8, 4) is 5.75 Å². The molecule has 1 amide bonds. The molecule has 0 spiro atoms. The average molecular weight is 442 g/mol. The number of amidine groups is 1. The zero-order chi connectivity index (χ0) is 21.6. The van der Waals surface area contributed by atoms with Crippen LogP contribution in [-0.2, 0) is 16.1 Å². The topological polar surface area (TPSA) is 97.4 Å². The van der Waals surface area contributed by atoms with Crippen LogP contribution >= 0.6 is 12.4 Å². The first-order chi connectivity index (χ1) is 13.7. The first kappa shape index (κ1) is 25.3. The summed E-state index contributed by atoms with van der Waals surface area (Å²) in [4.78, 5) is 12.6. The molecule has 0 fully saturated rings. The molecular formula is C21H26ClF2N3O3. The lowest BCUT2D eigenvalue weighted by molar-refractivity contribution is -0.133. The summed E-state index contributed by atoms with van der Waals surface area (Å²) in [5, 5.41) is 10.00. The van der Waals surface area contributed by atoms with E-state index in [4.69, 9.17) is 20.6 Å². The minimum absolute atomic E-state index is 0. The Morgan fingerprint density at radius 1 is 1.17 bits per heavy atom. The van der Waals surface area contributed by atoms with Gasteiger partial charge in [-0.1, -0.05) is 24.3 Å². The van der Waals surface area contributed by atoms with Gasteiger partial charge in [-0.2, -0.15) is 0 Å². The highest BCUT2D eigenvalue weighted by molar-refractivity contribution is 5.94. The lowest BCUT2D eigenvalue weighted by atomic mass is 10.1. The molecule has 0 aromatic heterocycles. The molecule has 0 unspecified atom stereocenters. The molecule has 1 atom stereocenters. The van der Waals surface area contributed by atoms with Crippen LogP contribution in [0.4, 0.5) is 8.78 Å².